The molecule has 0 radical (unpaired) electrons. The van der Waals surface area contributed by atoms with Crippen LogP contribution in [0.2, 0.25) is 0 Å². The molecule has 3 unspecified atom stereocenters. The van der Waals surface area contributed by atoms with Gasteiger partial charge in [-0.1, -0.05) is 27.2 Å². The molecule has 2 rings (SSSR count). The highest BCUT2D eigenvalue weighted by Crippen LogP contribution is 2.42. The van der Waals surface area contributed by atoms with Crippen molar-refractivity contribution in [2.24, 2.45) is 17.3 Å². The lowest BCUT2D eigenvalue weighted by Crippen LogP contribution is -2.50. The van der Waals surface area contributed by atoms with E-state index in [1.807, 2.05) is 0 Å². The summed E-state index contributed by atoms with van der Waals surface area (Å²) in [6.07, 6.45) is 7.30. The van der Waals surface area contributed by atoms with Gasteiger partial charge in [-0.3, -0.25) is 0 Å². The van der Waals surface area contributed by atoms with Gasteiger partial charge >= 0.3 is 0 Å². The van der Waals surface area contributed by atoms with Crippen molar-refractivity contribution in [2.45, 2.75) is 71.4 Å². The van der Waals surface area contributed by atoms with Crippen LogP contribution in [0.5, 0.6) is 0 Å². The van der Waals surface area contributed by atoms with Gasteiger partial charge < -0.3 is 10.0 Å². The molecule has 0 aromatic rings. The Labute approximate surface area is 113 Å². The molecule has 18 heavy (non-hydrogen) atoms. The second kappa shape index (κ2) is 5.50. The molecule has 3 atom stereocenters. The first-order chi connectivity index (χ1) is 8.41. The topological polar surface area (TPSA) is 23.5 Å². The summed E-state index contributed by atoms with van der Waals surface area (Å²) in [5.74, 6) is 1.50. The van der Waals surface area contributed by atoms with Crippen molar-refractivity contribution in [3.8, 4) is 0 Å². The van der Waals surface area contributed by atoms with Crippen LogP contribution in [0.3, 0.4) is 0 Å². The second-order valence-corrected chi connectivity index (χ2v) is 7.52. The van der Waals surface area contributed by atoms with Crippen LogP contribution in [0.1, 0.15) is 59.3 Å². The minimum absolute atomic E-state index is 0.0679. The maximum atomic E-state index is 9.97. The summed E-state index contributed by atoms with van der Waals surface area (Å²) >= 11 is 0. The normalized spacial score (nSPS) is 35.8. The quantitative estimate of drug-likeness (QED) is 0.831. The summed E-state index contributed by atoms with van der Waals surface area (Å²) in [5, 5.41) is 9.97. The molecule has 0 spiro atoms. The Kier molecular flexibility index (Phi) is 4.38. The van der Waals surface area contributed by atoms with Gasteiger partial charge in [0.1, 0.15) is 0 Å². The molecule has 2 fully saturated rings. The zero-order valence-corrected chi connectivity index (χ0v) is 12.7. The van der Waals surface area contributed by atoms with Crippen LogP contribution in [0.4, 0.5) is 0 Å². The summed E-state index contributed by atoms with van der Waals surface area (Å²) in [6, 6.07) is 0.589. The molecule has 2 aliphatic carbocycles. The van der Waals surface area contributed by atoms with Crippen molar-refractivity contribution in [1.82, 2.24) is 4.90 Å². The molecule has 0 bridgehead atoms. The summed E-state index contributed by atoms with van der Waals surface area (Å²) in [7, 11) is 2.28. The maximum Gasteiger partial charge on any atom is 0.0555 e. The van der Waals surface area contributed by atoms with Crippen molar-refractivity contribution < 1.29 is 5.11 Å². The van der Waals surface area contributed by atoms with Crippen LogP contribution >= 0.6 is 0 Å². The van der Waals surface area contributed by atoms with E-state index in [1.165, 1.54) is 32.2 Å². The van der Waals surface area contributed by atoms with E-state index in [4.69, 9.17) is 0 Å². The van der Waals surface area contributed by atoms with Crippen molar-refractivity contribution in [1.29, 1.82) is 0 Å². The van der Waals surface area contributed by atoms with Crippen molar-refractivity contribution in [2.75, 3.05) is 13.6 Å². The zero-order valence-electron chi connectivity index (χ0n) is 12.7. The minimum Gasteiger partial charge on any atom is -0.393 e. The van der Waals surface area contributed by atoms with Crippen LogP contribution in [0, 0.1) is 17.3 Å². The molecule has 2 heteroatoms. The number of hydrogen-bond donors (Lipinski definition) is 1. The Hall–Kier alpha value is -0.0800. The maximum absolute atomic E-state index is 9.97. The molecular formula is C16H31NO. The van der Waals surface area contributed by atoms with Gasteiger partial charge in [-0.2, -0.15) is 0 Å². The standard InChI is InChI=1S/C16H31NO/c1-12(2)14-7-6-13(18)10-15(14)17(4)11-16(3)8-5-9-16/h12-15,18H,5-11H2,1-4H3. The van der Waals surface area contributed by atoms with E-state index in [0.29, 0.717) is 11.5 Å². The average Bonchev–Trinajstić information content (AvgIpc) is 2.26. The van der Waals surface area contributed by atoms with Crippen LogP contribution in [0.15, 0.2) is 0 Å². The summed E-state index contributed by atoms with van der Waals surface area (Å²) in [6.45, 7) is 8.33. The third-order valence-electron chi connectivity index (χ3n) is 5.46. The molecule has 0 amide bonds. The van der Waals surface area contributed by atoms with Gasteiger partial charge in [0.15, 0.2) is 0 Å². The first kappa shape index (κ1) is 14.3. The Morgan fingerprint density at radius 2 is 1.94 bits per heavy atom. The van der Waals surface area contributed by atoms with E-state index in [1.54, 1.807) is 0 Å². The smallest absolute Gasteiger partial charge is 0.0555 e. The Bertz CT molecular complexity index is 272. The van der Waals surface area contributed by atoms with E-state index in [0.717, 1.165) is 24.7 Å². The van der Waals surface area contributed by atoms with Crippen LogP contribution < -0.4 is 0 Å². The molecule has 106 valence electrons. The van der Waals surface area contributed by atoms with Crippen LogP contribution in [0.25, 0.3) is 0 Å². The molecule has 2 saturated carbocycles. The molecule has 0 aromatic heterocycles. The Morgan fingerprint density at radius 1 is 1.28 bits per heavy atom. The average molecular weight is 253 g/mol. The van der Waals surface area contributed by atoms with Gasteiger partial charge in [0.05, 0.1) is 6.10 Å². The third-order valence-corrected chi connectivity index (χ3v) is 5.46. The molecule has 0 heterocycles. The summed E-state index contributed by atoms with van der Waals surface area (Å²) in [5.41, 5.74) is 0.554. The van der Waals surface area contributed by atoms with E-state index >= 15 is 0 Å². The fraction of sp³-hybridized carbons (Fsp3) is 1.00. The number of aliphatic hydroxyl groups excluding tert-OH is 1. The van der Waals surface area contributed by atoms with Crippen molar-refractivity contribution in [3.63, 3.8) is 0 Å². The highest BCUT2D eigenvalue weighted by molar-refractivity contribution is 4.92. The molecule has 0 saturated heterocycles. The highest BCUT2D eigenvalue weighted by atomic mass is 16.3. The SMILES string of the molecule is CC(C)C1CCC(O)CC1N(C)CC1(C)CCC1. The monoisotopic (exact) mass is 253 g/mol. The van der Waals surface area contributed by atoms with Gasteiger partial charge in [-0.15, -0.1) is 0 Å². The number of nitrogens with zero attached hydrogens (tertiary/aromatic N) is 1. The summed E-state index contributed by atoms with van der Waals surface area (Å²) in [4.78, 5) is 2.56. The highest BCUT2D eigenvalue weighted by Gasteiger charge is 2.38. The van der Waals surface area contributed by atoms with Crippen molar-refractivity contribution >= 4 is 0 Å². The lowest BCUT2D eigenvalue weighted by Gasteiger charge is -2.47. The fourth-order valence-corrected chi connectivity index (χ4v) is 4.09. The molecule has 1 N–H and O–H groups in total. The van der Waals surface area contributed by atoms with E-state index in [2.05, 4.69) is 32.7 Å². The van der Waals surface area contributed by atoms with Gasteiger partial charge in [0.25, 0.3) is 0 Å². The first-order valence-electron chi connectivity index (χ1n) is 7.79. The largest absolute Gasteiger partial charge is 0.393 e. The van der Waals surface area contributed by atoms with Gasteiger partial charge in [-0.25, -0.2) is 0 Å². The predicted octanol–water partition coefficient (Wildman–Crippen LogP) is 3.29. The zero-order chi connectivity index (χ0) is 13.3. The Morgan fingerprint density at radius 3 is 2.44 bits per heavy atom. The molecular weight excluding hydrogens is 222 g/mol. The van der Waals surface area contributed by atoms with Crippen LogP contribution in [-0.4, -0.2) is 35.7 Å². The number of hydrogen-bond acceptors (Lipinski definition) is 2. The number of rotatable bonds is 4. The van der Waals surface area contributed by atoms with E-state index in [9.17, 15) is 5.11 Å². The van der Waals surface area contributed by atoms with Crippen LogP contribution in [-0.2, 0) is 0 Å². The molecule has 2 nitrogen and oxygen atoms in total. The first-order valence-corrected chi connectivity index (χ1v) is 7.79. The molecule has 0 aliphatic heterocycles. The lowest BCUT2D eigenvalue weighted by molar-refractivity contribution is -0.00654. The second-order valence-electron chi connectivity index (χ2n) is 7.52. The van der Waals surface area contributed by atoms with Crippen molar-refractivity contribution in [3.05, 3.63) is 0 Å². The predicted molar refractivity (Wildman–Crippen MR) is 76.6 cm³/mol. The van der Waals surface area contributed by atoms with E-state index in [-0.39, 0.29) is 6.10 Å². The molecule has 2 aliphatic rings. The Balaban J connectivity index is 1.97. The van der Waals surface area contributed by atoms with E-state index < -0.39 is 0 Å². The number of aliphatic hydroxyl groups is 1. The van der Waals surface area contributed by atoms with Gasteiger partial charge in [0, 0.05) is 12.6 Å². The third kappa shape index (κ3) is 3.08. The summed E-state index contributed by atoms with van der Waals surface area (Å²) < 4.78 is 0. The van der Waals surface area contributed by atoms with Gasteiger partial charge in [0.2, 0.25) is 0 Å². The minimum atomic E-state index is -0.0679. The fourth-order valence-electron chi connectivity index (χ4n) is 4.09. The lowest BCUT2D eigenvalue weighted by atomic mass is 9.69. The van der Waals surface area contributed by atoms with Gasteiger partial charge in [-0.05, 0) is 56.4 Å². The molecule has 0 aromatic carbocycles.